The smallest absolute Gasteiger partial charge is 0.271 e. The molecule has 0 aliphatic carbocycles. The Morgan fingerprint density at radius 2 is 1.95 bits per heavy atom. The van der Waals surface area contributed by atoms with Crippen LogP contribution in [0.5, 0.6) is 5.75 Å². The van der Waals surface area contributed by atoms with Crippen molar-refractivity contribution in [2.75, 3.05) is 0 Å². The number of halogens is 1. The van der Waals surface area contributed by atoms with E-state index in [-0.39, 0.29) is 16.5 Å². The Balaban J connectivity index is 2.16. The molecule has 1 saturated heterocycles. The van der Waals surface area contributed by atoms with Gasteiger partial charge in [0.1, 0.15) is 24.1 Å². The van der Waals surface area contributed by atoms with Crippen LogP contribution in [0.4, 0.5) is 5.69 Å². The second-order valence-corrected chi connectivity index (χ2v) is 5.08. The lowest BCUT2D eigenvalue weighted by atomic mass is 10.00. The number of non-ortho nitro benzene ring substituents is 1. The molecule has 0 saturated carbocycles. The van der Waals surface area contributed by atoms with E-state index in [0.717, 1.165) is 6.07 Å². The van der Waals surface area contributed by atoms with Crippen LogP contribution in [0.3, 0.4) is 0 Å². The first-order valence-corrected chi connectivity index (χ1v) is 6.49. The minimum Gasteiger partial charge on any atom is -0.460 e. The summed E-state index contributed by atoms with van der Waals surface area (Å²) in [7, 11) is 0. The maximum atomic E-state index is 10.6. The van der Waals surface area contributed by atoms with Crippen molar-refractivity contribution in [3.8, 4) is 5.75 Å². The first-order chi connectivity index (χ1) is 9.81. The molecule has 1 aromatic carbocycles. The molecule has 21 heavy (non-hydrogen) atoms. The van der Waals surface area contributed by atoms with Gasteiger partial charge in [0.2, 0.25) is 6.29 Å². The molecule has 2 unspecified atom stereocenters. The van der Waals surface area contributed by atoms with Crippen molar-refractivity contribution in [3.63, 3.8) is 0 Å². The first-order valence-electron chi connectivity index (χ1n) is 6.11. The van der Waals surface area contributed by atoms with Crippen LogP contribution >= 0.6 is 11.6 Å². The predicted octanol–water partition coefficient (Wildman–Crippen LogP) is 0.454. The van der Waals surface area contributed by atoms with E-state index >= 15 is 0 Å². The molecule has 0 bridgehead atoms. The number of hydrogen-bond donors (Lipinski definition) is 3. The fraction of sp³-hybridized carbons (Fsp3) is 0.500. The van der Waals surface area contributed by atoms with Crippen molar-refractivity contribution in [3.05, 3.63) is 33.3 Å². The summed E-state index contributed by atoms with van der Waals surface area (Å²) in [6.45, 7) is 1.51. The van der Waals surface area contributed by atoms with Gasteiger partial charge in [-0.25, -0.2) is 0 Å². The monoisotopic (exact) mass is 319 g/mol. The quantitative estimate of drug-likeness (QED) is 0.546. The Morgan fingerprint density at radius 1 is 1.29 bits per heavy atom. The van der Waals surface area contributed by atoms with Crippen LogP contribution in [0.25, 0.3) is 0 Å². The molecule has 5 atom stereocenters. The van der Waals surface area contributed by atoms with E-state index in [1.807, 2.05) is 0 Å². The third-order valence-electron chi connectivity index (χ3n) is 3.18. The summed E-state index contributed by atoms with van der Waals surface area (Å²) < 4.78 is 10.6. The topological polar surface area (TPSA) is 122 Å². The van der Waals surface area contributed by atoms with Crippen molar-refractivity contribution in [2.45, 2.75) is 37.6 Å². The first kappa shape index (κ1) is 15.9. The average molecular weight is 320 g/mol. The molecule has 0 aromatic heterocycles. The van der Waals surface area contributed by atoms with Crippen molar-refractivity contribution in [1.82, 2.24) is 0 Å². The molecule has 0 spiro atoms. The molecule has 1 aliphatic heterocycles. The zero-order valence-corrected chi connectivity index (χ0v) is 11.7. The highest BCUT2D eigenvalue weighted by Gasteiger charge is 2.43. The minimum absolute atomic E-state index is 0.0340. The van der Waals surface area contributed by atoms with E-state index in [0.29, 0.717) is 0 Å². The van der Waals surface area contributed by atoms with Crippen molar-refractivity contribution in [1.29, 1.82) is 0 Å². The maximum Gasteiger partial charge on any atom is 0.271 e. The number of ether oxygens (including phenoxy) is 2. The summed E-state index contributed by atoms with van der Waals surface area (Å²) in [5.41, 5.74) is -0.207. The van der Waals surface area contributed by atoms with Crippen LogP contribution in [0.2, 0.25) is 5.02 Å². The fourth-order valence-electron chi connectivity index (χ4n) is 1.93. The Morgan fingerprint density at radius 3 is 2.52 bits per heavy atom. The van der Waals surface area contributed by atoms with Crippen LogP contribution in [-0.2, 0) is 4.74 Å². The number of nitro groups is 1. The van der Waals surface area contributed by atoms with Gasteiger partial charge in [-0.3, -0.25) is 10.1 Å². The highest BCUT2D eigenvalue weighted by Crippen LogP contribution is 2.31. The van der Waals surface area contributed by atoms with E-state index in [1.165, 1.54) is 19.1 Å². The van der Waals surface area contributed by atoms with E-state index in [4.69, 9.17) is 21.1 Å². The lowest BCUT2D eigenvalue weighted by molar-refractivity contribution is -0.384. The highest BCUT2D eigenvalue weighted by molar-refractivity contribution is 6.32. The van der Waals surface area contributed by atoms with Gasteiger partial charge >= 0.3 is 0 Å². The Hall–Kier alpha value is -1.45. The summed E-state index contributed by atoms with van der Waals surface area (Å²) in [5.74, 6) is 0.0575. The highest BCUT2D eigenvalue weighted by atomic mass is 35.5. The van der Waals surface area contributed by atoms with Gasteiger partial charge in [0.05, 0.1) is 16.0 Å². The standard InChI is InChI=1S/C12H14ClNO7/c1-5-9(15)10(16)11(17)12(20-5)21-8-3-2-6(14(18)19)4-7(8)13/h2-5,9-12,15-17H,1H3/t5-,9?,10+,11-,12?/m0/s1. The molecule has 116 valence electrons. The maximum absolute atomic E-state index is 10.6. The molecule has 0 amide bonds. The van der Waals surface area contributed by atoms with E-state index in [2.05, 4.69) is 0 Å². The zero-order valence-electron chi connectivity index (χ0n) is 10.9. The molecule has 8 nitrogen and oxygen atoms in total. The SMILES string of the molecule is C[C@@H]1OC(Oc2ccc([N+](=O)[O-])cc2Cl)[C@@H](O)[C@H](O)C1O. The second kappa shape index (κ2) is 6.12. The van der Waals surface area contributed by atoms with Gasteiger partial charge in [-0.15, -0.1) is 0 Å². The molecule has 3 N–H and O–H groups in total. The zero-order chi connectivity index (χ0) is 15.7. The number of nitro benzene ring substituents is 1. The Kier molecular flexibility index (Phi) is 4.64. The van der Waals surface area contributed by atoms with Gasteiger partial charge in [0.25, 0.3) is 5.69 Å². The van der Waals surface area contributed by atoms with Crippen LogP contribution < -0.4 is 4.74 Å². The second-order valence-electron chi connectivity index (χ2n) is 4.67. The summed E-state index contributed by atoms with van der Waals surface area (Å²) in [4.78, 5) is 10.0. The summed E-state index contributed by atoms with van der Waals surface area (Å²) in [6, 6.07) is 3.55. The van der Waals surface area contributed by atoms with Crippen LogP contribution in [-0.4, -0.2) is 50.9 Å². The fourth-order valence-corrected chi connectivity index (χ4v) is 2.15. The van der Waals surface area contributed by atoms with Crippen molar-refractivity contribution < 1.29 is 29.7 Å². The number of aliphatic hydroxyl groups excluding tert-OH is 3. The minimum atomic E-state index is -1.48. The van der Waals surface area contributed by atoms with E-state index in [1.54, 1.807) is 0 Å². The normalized spacial score (nSPS) is 32.7. The molecule has 1 aliphatic rings. The molecular weight excluding hydrogens is 306 g/mol. The number of nitrogens with zero attached hydrogens (tertiary/aromatic N) is 1. The van der Waals surface area contributed by atoms with Gasteiger partial charge in [-0.1, -0.05) is 11.6 Å². The molecule has 9 heteroatoms. The van der Waals surface area contributed by atoms with Crippen molar-refractivity contribution >= 4 is 17.3 Å². The van der Waals surface area contributed by atoms with Gasteiger partial charge in [0, 0.05) is 12.1 Å². The summed E-state index contributed by atoms with van der Waals surface area (Å²) >= 11 is 5.86. The van der Waals surface area contributed by atoms with Gasteiger partial charge < -0.3 is 24.8 Å². The van der Waals surface area contributed by atoms with E-state index < -0.39 is 35.6 Å². The van der Waals surface area contributed by atoms with Crippen molar-refractivity contribution in [2.24, 2.45) is 0 Å². The third kappa shape index (κ3) is 3.25. The van der Waals surface area contributed by atoms with Crippen LogP contribution in [0.1, 0.15) is 6.92 Å². The number of hydrogen-bond acceptors (Lipinski definition) is 7. The number of rotatable bonds is 3. The van der Waals surface area contributed by atoms with Gasteiger partial charge in [-0.2, -0.15) is 0 Å². The van der Waals surface area contributed by atoms with E-state index in [9.17, 15) is 25.4 Å². The molecule has 0 radical (unpaired) electrons. The Labute approximate surface area is 124 Å². The average Bonchev–Trinajstić information content (AvgIpc) is 2.44. The predicted molar refractivity (Wildman–Crippen MR) is 71.1 cm³/mol. The molecule has 1 aromatic rings. The molecule has 1 heterocycles. The van der Waals surface area contributed by atoms with Gasteiger partial charge in [0.15, 0.2) is 0 Å². The molecule has 2 rings (SSSR count). The van der Waals surface area contributed by atoms with Crippen LogP contribution in [0, 0.1) is 10.1 Å². The third-order valence-corrected chi connectivity index (χ3v) is 3.47. The lowest BCUT2D eigenvalue weighted by Crippen LogP contribution is -2.58. The lowest BCUT2D eigenvalue weighted by Gasteiger charge is -2.38. The summed E-state index contributed by atoms with van der Waals surface area (Å²) in [6.07, 6.45) is -6.17. The molecule has 1 fully saturated rings. The number of aliphatic hydroxyl groups is 3. The Bertz CT molecular complexity index is 540. The summed E-state index contributed by atoms with van der Waals surface area (Å²) in [5, 5.41) is 39.6. The number of benzene rings is 1. The van der Waals surface area contributed by atoms with Crippen LogP contribution in [0.15, 0.2) is 18.2 Å². The van der Waals surface area contributed by atoms with Gasteiger partial charge in [-0.05, 0) is 13.0 Å². The molecular formula is C12H14ClNO7. The largest absolute Gasteiger partial charge is 0.460 e.